The molecule has 0 amide bonds. The topological polar surface area (TPSA) is 64.6 Å². The van der Waals surface area contributed by atoms with Crippen LogP contribution < -0.4 is 5.32 Å². The summed E-state index contributed by atoms with van der Waals surface area (Å²) in [6.07, 6.45) is 1.27. The number of nitrogens with one attached hydrogen (secondary N) is 1. The van der Waals surface area contributed by atoms with Gasteiger partial charge in [-0.15, -0.1) is 0 Å². The van der Waals surface area contributed by atoms with E-state index in [4.69, 9.17) is 21.1 Å². The molecule has 114 valence electrons. The number of hydrogen-bond donors (Lipinski definition) is 1. The summed E-state index contributed by atoms with van der Waals surface area (Å²) in [5, 5.41) is 3.43. The summed E-state index contributed by atoms with van der Waals surface area (Å²) < 4.78 is 9.68. The maximum Gasteiger partial charge on any atom is 0.347 e. The third-order valence-corrected chi connectivity index (χ3v) is 2.80. The van der Waals surface area contributed by atoms with E-state index in [0.717, 1.165) is 5.56 Å². The predicted molar refractivity (Wildman–Crippen MR) is 81.2 cm³/mol. The largest absolute Gasteiger partial charge is 0.462 e. The van der Waals surface area contributed by atoms with Crippen LogP contribution in [-0.2, 0) is 19.1 Å². The highest BCUT2D eigenvalue weighted by Crippen LogP contribution is 2.20. The molecule has 0 bridgehead atoms. The van der Waals surface area contributed by atoms with Crippen molar-refractivity contribution in [3.63, 3.8) is 0 Å². The van der Waals surface area contributed by atoms with Crippen LogP contribution in [0.15, 0.2) is 30.0 Å². The van der Waals surface area contributed by atoms with Crippen LogP contribution in [-0.4, -0.2) is 25.2 Å². The molecular formula is C15H18ClNO4. The SMILES string of the molecule is CCOC(=O)C(=CNc1cc(Cl)ccc1C)C(=O)OCC. The molecule has 0 aromatic heterocycles. The van der Waals surface area contributed by atoms with Crippen LogP contribution in [0.5, 0.6) is 0 Å². The Balaban J connectivity index is 2.99. The second-order valence-electron chi connectivity index (χ2n) is 4.10. The zero-order chi connectivity index (χ0) is 15.8. The number of carbonyl (C=O) groups excluding carboxylic acids is 2. The predicted octanol–water partition coefficient (Wildman–Crippen LogP) is 3.07. The van der Waals surface area contributed by atoms with Gasteiger partial charge >= 0.3 is 11.9 Å². The highest BCUT2D eigenvalue weighted by atomic mass is 35.5. The fraction of sp³-hybridized carbons (Fsp3) is 0.333. The number of aryl methyl sites for hydroxylation is 1. The van der Waals surface area contributed by atoms with Gasteiger partial charge in [-0.1, -0.05) is 17.7 Å². The van der Waals surface area contributed by atoms with E-state index in [1.54, 1.807) is 26.0 Å². The minimum absolute atomic E-state index is 0.172. The molecule has 0 saturated heterocycles. The summed E-state index contributed by atoms with van der Waals surface area (Å²) in [5.41, 5.74) is 1.41. The van der Waals surface area contributed by atoms with Gasteiger partial charge in [0.15, 0.2) is 5.57 Å². The van der Waals surface area contributed by atoms with Gasteiger partial charge in [0.1, 0.15) is 0 Å². The number of rotatable bonds is 6. The van der Waals surface area contributed by atoms with Gasteiger partial charge in [0, 0.05) is 16.9 Å². The number of halogens is 1. The normalized spacial score (nSPS) is 9.71. The second kappa shape index (κ2) is 8.32. The van der Waals surface area contributed by atoms with Crippen LogP contribution >= 0.6 is 11.6 Å². The molecule has 0 aliphatic carbocycles. The lowest BCUT2D eigenvalue weighted by molar-refractivity contribution is -0.146. The number of carbonyl (C=O) groups is 2. The van der Waals surface area contributed by atoms with Crippen LogP contribution in [0.3, 0.4) is 0 Å². The van der Waals surface area contributed by atoms with Crippen molar-refractivity contribution in [2.45, 2.75) is 20.8 Å². The molecule has 0 fully saturated rings. The Morgan fingerprint density at radius 1 is 1.19 bits per heavy atom. The van der Waals surface area contributed by atoms with E-state index in [1.807, 2.05) is 13.0 Å². The number of esters is 2. The fourth-order valence-electron chi connectivity index (χ4n) is 1.52. The van der Waals surface area contributed by atoms with Gasteiger partial charge in [-0.05, 0) is 38.5 Å². The average molecular weight is 312 g/mol. The molecule has 0 unspecified atom stereocenters. The lowest BCUT2D eigenvalue weighted by atomic mass is 10.2. The number of hydrogen-bond acceptors (Lipinski definition) is 5. The van der Waals surface area contributed by atoms with E-state index in [1.165, 1.54) is 6.20 Å². The molecule has 0 aliphatic rings. The molecule has 0 heterocycles. The summed E-state index contributed by atoms with van der Waals surface area (Å²) in [7, 11) is 0. The lowest BCUT2D eigenvalue weighted by Crippen LogP contribution is -2.19. The first-order valence-electron chi connectivity index (χ1n) is 6.56. The van der Waals surface area contributed by atoms with Crippen molar-refractivity contribution >= 4 is 29.2 Å². The molecule has 1 rings (SSSR count). The summed E-state index contributed by atoms with van der Waals surface area (Å²) >= 11 is 5.91. The molecule has 0 spiro atoms. The second-order valence-corrected chi connectivity index (χ2v) is 4.54. The summed E-state index contributed by atoms with van der Waals surface area (Å²) in [6.45, 7) is 5.54. The monoisotopic (exact) mass is 311 g/mol. The molecule has 1 aromatic carbocycles. The van der Waals surface area contributed by atoms with E-state index >= 15 is 0 Å². The Labute approximate surface area is 128 Å². The molecule has 1 aromatic rings. The van der Waals surface area contributed by atoms with E-state index in [-0.39, 0.29) is 18.8 Å². The van der Waals surface area contributed by atoms with Crippen LogP contribution in [0, 0.1) is 6.92 Å². The minimum Gasteiger partial charge on any atom is -0.462 e. The molecule has 21 heavy (non-hydrogen) atoms. The Morgan fingerprint density at radius 3 is 2.29 bits per heavy atom. The van der Waals surface area contributed by atoms with E-state index in [2.05, 4.69) is 5.32 Å². The van der Waals surface area contributed by atoms with Crippen molar-refractivity contribution in [3.05, 3.63) is 40.6 Å². The number of anilines is 1. The average Bonchev–Trinajstić information content (AvgIpc) is 2.43. The molecule has 0 aliphatic heterocycles. The third-order valence-electron chi connectivity index (χ3n) is 2.56. The molecule has 0 radical (unpaired) electrons. The van der Waals surface area contributed by atoms with E-state index in [0.29, 0.717) is 10.7 Å². The molecule has 5 nitrogen and oxygen atoms in total. The first kappa shape index (κ1) is 17.0. The van der Waals surface area contributed by atoms with Crippen molar-refractivity contribution in [3.8, 4) is 0 Å². The summed E-state index contributed by atoms with van der Waals surface area (Å²) in [5.74, 6) is -1.47. The summed E-state index contributed by atoms with van der Waals surface area (Å²) in [6, 6.07) is 5.28. The fourth-order valence-corrected chi connectivity index (χ4v) is 1.69. The van der Waals surface area contributed by atoms with Gasteiger partial charge in [0.25, 0.3) is 0 Å². The molecule has 6 heteroatoms. The van der Waals surface area contributed by atoms with Crippen molar-refractivity contribution in [2.75, 3.05) is 18.5 Å². The van der Waals surface area contributed by atoms with Crippen LogP contribution in [0.25, 0.3) is 0 Å². The van der Waals surface area contributed by atoms with Crippen molar-refractivity contribution in [1.29, 1.82) is 0 Å². The van der Waals surface area contributed by atoms with Gasteiger partial charge < -0.3 is 14.8 Å². The van der Waals surface area contributed by atoms with Gasteiger partial charge in [-0.3, -0.25) is 0 Å². The molecule has 0 atom stereocenters. The van der Waals surface area contributed by atoms with Crippen LogP contribution in [0.1, 0.15) is 19.4 Å². The summed E-state index contributed by atoms with van der Waals surface area (Å²) in [4.78, 5) is 23.6. The van der Waals surface area contributed by atoms with Gasteiger partial charge in [-0.25, -0.2) is 9.59 Å². The van der Waals surface area contributed by atoms with Crippen LogP contribution in [0.4, 0.5) is 5.69 Å². The first-order valence-corrected chi connectivity index (χ1v) is 6.94. The third kappa shape index (κ3) is 5.11. The van der Waals surface area contributed by atoms with E-state index < -0.39 is 11.9 Å². The standard InChI is InChI=1S/C15H18ClNO4/c1-4-20-14(18)12(15(19)21-5-2)9-17-13-8-11(16)7-6-10(13)3/h6-9,17H,4-5H2,1-3H3. The zero-order valence-electron chi connectivity index (χ0n) is 12.2. The Morgan fingerprint density at radius 2 is 1.76 bits per heavy atom. The first-order chi connectivity index (χ1) is 9.99. The maximum absolute atomic E-state index is 11.8. The smallest absolute Gasteiger partial charge is 0.347 e. The number of ether oxygens (including phenoxy) is 2. The van der Waals surface area contributed by atoms with Gasteiger partial charge in [0.05, 0.1) is 13.2 Å². The molecular weight excluding hydrogens is 294 g/mol. The lowest BCUT2D eigenvalue weighted by Gasteiger charge is -2.09. The highest BCUT2D eigenvalue weighted by Gasteiger charge is 2.20. The van der Waals surface area contributed by atoms with Crippen molar-refractivity contribution < 1.29 is 19.1 Å². The van der Waals surface area contributed by atoms with Crippen LogP contribution in [0.2, 0.25) is 5.02 Å². The number of benzene rings is 1. The Hall–Kier alpha value is -2.01. The zero-order valence-corrected chi connectivity index (χ0v) is 13.0. The Kier molecular flexibility index (Phi) is 6.75. The van der Waals surface area contributed by atoms with E-state index in [9.17, 15) is 9.59 Å². The maximum atomic E-state index is 11.8. The minimum atomic E-state index is -0.733. The van der Waals surface area contributed by atoms with Gasteiger partial charge in [0.2, 0.25) is 0 Å². The highest BCUT2D eigenvalue weighted by molar-refractivity contribution is 6.30. The van der Waals surface area contributed by atoms with Crippen molar-refractivity contribution in [2.24, 2.45) is 0 Å². The molecule has 1 N–H and O–H groups in total. The van der Waals surface area contributed by atoms with Crippen molar-refractivity contribution in [1.82, 2.24) is 0 Å². The quantitative estimate of drug-likeness (QED) is 0.378. The molecule has 0 saturated carbocycles. The Bertz CT molecular complexity index is 535. The van der Waals surface area contributed by atoms with Gasteiger partial charge in [-0.2, -0.15) is 0 Å².